The predicted molar refractivity (Wildman–Crippen MR) is 28.5 cm³/mol. The van der Waals surface area contributed by atoms with Crippen LogP contribution in [0.3, 0.4) is 0 Å². The molecule has 0 saturated heterocycles. The molecule has 0 radical (unpaired) electrons. The number of halogens is 3. The molecule has 1 heterocycles. The lowest BCUT2D eigenvalue weighted by atomic mass is 10.5. The van der Waals surface area contributed by atoms with E-state index in [2.05, 4.69) is 9.40 Å². The first-order valence-corrected chi connectivity index (χ1v) is 2.67. The molecular weight excluding hydrogens is 179 g/mol. The van der Waals surface area contributed by atoms with Gasteiger partial charge in [-0.1, -0.05) is 0 Å². The number of rotatable bonds is 1. The fourth-order valence-corrected chi connectivity index (χ4v) is 0.504. The average molecular weight is 181 g/mol. The van der Waals surface area contributed by atoms with Gasteiger partial charge in [0.1, 0.15) is 0 Å². The third kappa shape index (κ3) is 1.55. The van der Waals surface area contributed by atoms with E-state index >= 15 is 0 Å². The Morgan fingerprint density at radius 2 is 2.17 bits per heavy atom. The number of carboxylic acids is 1. The van der Waals surface area contributed by atoms with E-state index in [1.54, 1.807) is 0 Å². The van der Waals surface area contributed by atoms with Crippen LogP contribution in [0.1, 0.15) is 16.4 Å². The number of carbonyl (C=O) groups is 1. The van der Waals surface area contributed by atoms with E-state index in [9.17, 15) is 18.0 Å². The second kappa shape index (κ2) is 2.50. The van der Waals surface area contributed by atoms with E-state index in [1.165, 1.54) is 0 Å². The molecule has 1 aromatic rings. The van der Waals surface area contributed by atoms with Crippen molar-refractivity contribution in [3.8, 4) is 0 Å². The molecular formula is C5H2F3NO3. The summed E-state index contributed by atoms with van der Waals surface area (Å²) in [5, 5.41) is 8.14. The number of nitrogens with zero attached hydrogens (tertiary/aromatic N) is 1. The first-order chi connectivity index (χ1) is 5.41. The van der Waals surface area contributed by atoms with Gasteiger partial charge >= 0.3 is 18.0 Å². The highest BCUT2D eigenvalue weighted by molar-refractivity contribution is 5.81. The zero-order chi connectivity index (χ0) is 9.35. The minimum atomic E-state index is -4.69. The van der Waals surface area contributed by atoms with Crippen LogP contribution in [0.4, 0.5) is 13.2 Å². The SMILES string of the molecule is O=C(O)c1ncc(C(F)(F)F)o1. The summed E-state index contributed by atoms with van der Waals surface area (Å²) in [6.45, 7) is 0. The zero-order valence-corrected chi connectivity index (χ0v) is 5.42. The highest BCUT2D eigenvalue weighted by Gasteiger charge is 2.36. The number of oxazole rings is 1. The van der Waals surface area contributed by atoms with Crippen LogP contribution in [0.25, 0.3) is 0 Å². The molecule has 1 aromatic heterocycles. The van der Waals surface area contributed by atoms with Crippen LogP contribution >= 0.6 is 0 Å². The summed E-state index contributed by atoms with van der Waals surface area (Å²) in [6.07, 6.45) is -4.37. The Hall–Kier alpha value is -1.53. The van der Waals surface area contributed by atoms with Crippen molar-refractivity contribution in [1.82, 2.24) is 4.98 Å². The van der Waals surface area contributed by atoms with Gasteiger partial charge in [-0.05, 0) is 0 Å². The summed E-state index contributed by atoms with van der Waals surface area (Å²) in [5.74, 6) is -4.02. The molecule has 4 nitrogen and oxygen atoms in total. The molecule has 0 amide bonds. The Bertz CT molecular complexity index is 303. The summed E-state index contributed by atoms with van der Waals surface area (Å²) in [4.78, 5) is 12.9. The lowest BCUT2D eigenvalue weighted by Crippen LogP contribution is -2.02. The molecule has 7 heteroatoms. The summed E-state index contributed by atoms with van der Waals surface area (Å²) in [7, 11) is 0. The maximum atomic E-state index is 11.7. The van der Waals surface area contributed by atoms with E-state index in [1.807, 2.05) is 0 Å². The molecule has 66 valence electrons. The second-order valence-electron chi connectivity index (χ2n) is 1.83. The second-order valence-corrected chi connectivity index (χ2v) is 1.83. The molecule has 1 N–H and O–H groups in total. The lowest BCUT2D eigenvalue weighted by Gasteiger charge is -1.98. The first-order valence-electron chi connectivity index (χ1n) is 2.67. The number of aromatic carboxylic acids is 1. The number of hydrogen-bond donors (Lipinski definition) is 1. The van der Waals surface area contributed by atoms with E-state index < -0.39 is 23.8 Å². The van der Waals surface area contributed by atoms with Crippen molar-refractivity contribution in [1.29, 1.82) is 0 Å². The van der Waals surface area contributed by atoms with Crippen molar-refractivity contribution >= 4 is 5.97 Å². The molecule has 0 aromatic carbocycles. The molecule has 12 heavy (non-hydrogen) atoms. The molecule has 0 saturated carbocycles. The molecule has 0 aliphatic heterocycles. The maximum absolute atomic E-state index is 11.7. The van der Waals surface area contributed by atoms with Crippen LogP contribution in [-0.4, -0.2) is 16.1 Å². The lowest BCUT2D eigenvalue weighted by molar-refractivity contribution is -0.153. The molecule has 0 unspecified atom stereocenters. The molecule has 0 spiro atoms. The van der Waals surface area contributed by atoms with E-state index in [-0.39, 0.29) is 0 Å². The smallest absolute Gasteiger partial charge is 0.451 e. The van der Waals surface area contributed by atoms with E-state index in [0.717, 1.165) is 0 Å². The molecule has 0 aliphatic rings. The zero-order valence-electron chi connectivity index (χ0n) is 5.42. The van der Waals surface area contributed by atoms with Gasteiger partial charge in [-0.25, -0.2) is 9.78 Å². The Balaban J connectivity index is 3.00. The maximum Gasteiger partial charge on any atom is 0.451 e. The molecule has 0 fully saturated rings. The van der Waals surface area contributed by atoms with Gasteiger partial charge < -0.3 is 9.52 Å². The standard InChI is InChI=1S/C5H2F3NO3/c6-5(7,8)2-1-9-3(12-2)4(10)11/h1H,(H,10,11). The summed E-state index contributed by atoms with van der Waals surface area (Å²) in [6, 6.07) is 0. The van der Waals surface area contributed by atoms with Crippen molar-refractivity contribution in [2.24, 2.45) is 0 Å². The number of carboxylic acid groups (broad SMARTS) is 1. The van der Waals surface area contributed by atoms with Gasteiger partial charge in [-0.15, -0.1) is 0 Å². The number of aromatic nitrogens is 1. The van der Waals surface area contributed by atoms with Crippen molar-refractivity contribution in [3.05, 3.63) is 17.8 Å². The topological polar surface area (TPSA) is 63.3 Å². The van der Waals surface area contributed by atoms with Gasteiger partial charge in [0.25, 0.3) is 0 Å². The predicted octanol–water partition coefficient (Wildman–Crippen LogP) is 1.39. The van der Waals surface area contributed by atoms with Gasteiger partial charge in [-0.2, -0.15) is 13.2 Å². The largest absolute Gasteiger partial charge is 0.474 e. The van der Waals surface area contributed by atoms with Crippen LogP contribution in [0, 0.1) is 0 Å². The molecule has 1 rings (SSSR count). The van der Waals surface area contributed by atoms with Gasteiger partial charge in [0, 0.05) is 0 Å². The number of hydrogen-bond acceptors (Lipinski definition) is 3. The monoisotopic (exact) mass is 181 g/mol. The van der Waals surface area contributed by atoms with Gasteiger partial charge in [0.2, 0.25) is 5.76 Å². The normalized spacial score (nSPS) is 11.6. The van der Waals surface area contributed by atoms with E-state index in [0.29, 0.717) is 6.20 Å². The Morgan fingerprint density at radius 1 is 1.58 bits per heavy atom. The van der Waals surface area contributed by atoms with Crippen molar-refractivity contribution in [3.63, 3.8) is 0 Å². The van der Waals surface area contributed by atoms with Crippen LogP contribution in [0.2, 0.25) is 0 Å². The molecule has 0 atom stereocenters. The Labute approximate surface area is 63.6 Å². The molecule has 0 bridgehead atoms. The highest BCUT2D eigenvalue weighted by Crippen LogP contribution is 2.29. The minimum absolute atomic E-state index is 0.323. The van der Waals surface area contributed by atoms with Gasteiger partial charge in [-0.3, -0.25) is 0 Å². The van der Waals surface area contributed by atoms with E-state index in [4.69, 9.17) is 5.11 Å². The third-order valence-electron chi connectivity index (χ3n) is 0.968. The Morgan fingerprint density at radius 3 is 2.42 bits per heavy atom. The average Bonchev–Trinajstić information content (AvgIpc) is 2.30. The first kappa shape index (κ1) is 8.57. The summed E-state index contributed by atoms with van der Waals surface area (Å²) >= 11 is 0. The van der Waals surface area contributed by atoms with Crippen molar-refractivity contribution in [2.75, 3.05) is 0 Å². The van der Waals surface area contributed by atoms with Crippen molar-refractivity contribution in [2.45, 2.75) is 6.18 Å². The fourth-order valence-electron chi connectivity index (χ4n) is 0.504. The quantitative estimate of drug-likeness (QED) is 0.710. The summed E-state index contributed by atoms with van der Waals surface area (Å²) < 4.78 is 39.1. The Kier molecular flexibility index (Phi) is 1.79. The van der Waals surface area contributed by atoms with Crippen molar-refractivity contribution < 1.29 is 27.5 Å². The van der Waals surface area contributed by atoms with Crippen LogP contribution in [-0.2, 0) is 6.18 Å². The van der Waals surface area contributed by atoms with Crippen LogP contribution in [0.15, 0.2) is 10.6 Å². The summed E-state index contributed by atoms with van der Waals surface area (Å²) in [5.41, 5.74) is 0. The highest BCUT2D eigenvalue weighted by atomic mass is 19.4. The third-order valence-corrected chi connectivity index (χ3v) is 0.968. The van der Waals surface area contributed by atoms with Crippen LogP contribution in [0.5, 0.6) is 0 Å². The van der Waals surface area contributed by atoms with Crippen LogP contribution < -0.4 is 0 Å². The van der Waals surface area contributed by atoms with Gasteiger partial charge in [0.05, 0.1) is 6.20 Å². The number of alkyl halides is 3. The minimum Gasteiger partial charge on any atom is -0.474 e. The van der Waals surface area contributed by atoms with Gasteiger partial charge in [0.15, 0.2) is 0 Å². The molecule has 0 aliphatic carbocycles. The fraction of sp³-hybridized carbons (Fsp3) is 0.200.